The Balaban J connectivity index is 2.15. The van der Waals surface area contributed by atoms with Gasteiger partial charge in [-0.05, 0) is 54.8 Å². The number of hydrogen-bond acceptors (Lipinski definition) is 4. The molecule has 0 aliphatic heterocycles. The molecule has 0 radical (unpaired) electrons. The monoisotopic (exact) mass is 392 g/mol. The van der Waals surface area contributed by atoms with Crippen molar-refractivity contribution < 1.29 is 14.6 Å². The number of rotatable bonds is 8. The third-order valence-electron chi connectivity index (χ3n) is 3.57. The van der Waals surface area contributed by atoms with Crippen LogP contribution in [0.4, 0.5) is 5.69 Å². The normalized spacial score (nSPS) is 10.2. The van der Waals surface area contributed by atoms with Crippen LogP contribution in [0.2, 0.25) is 10.0 Å². The Morgan fingerprint density at radius 3 is 2.46 bits per heavy atom. The number of nitriles is 1. The topological polar surface area (TPSA) is 82.3 Å². The third kappa shape index (κ3) is 5.55. The number of anilines is 1. The molecule has 26 heavy (non-hydrogen) atoms. The highest BCUT2D eigenvalue weighted by Gasteiger charge is 2.12. The fourth-order valence-electron chi connectivity index (χ4n) is 2.45. The molecule has 0 aliphatic carbocycles. The number of ether oxygens (including phenoxy) is 1. The summed E-state index contributed by atoms with van der Waals surface area (Å²) in [6, 6.07) is 10.8. The van der Waals surface area contributed by atoms with Crippen molar-refractivity contribution in [3.8, 4) is 11.8 Å². The Morgan fingerprint density at radius 1 is 1.19 bits per heavy atom. The molecular weight excluding hydrogens is 375 g/mol. The van der Waals surface area contributed by atoms with Crippen LogP contribution in [0.25, 0.3) is 0 Å². The third-order valence-corrected chi connectivity index (χ3v) is 4.13. The second-order valence-corrected chi connectivity index (χ2v) is 6.45. The van der Waals surface area contributed by atoms with E-state index in [1.54, 1.807) is 24.3 Å². The van der Waals surface area contributed by atoms with Gasteiger partial charge in [-0.3, -0.25) is 4.79 Å². The maximum Gasteiger partial charge on any atom is 0.303 e. The van der Waals surface area contributed by atoms with Crippen LogP contribution in [-0.2, 0) is 17.8 Å². The highest BCUT2D eigenvalue weighted by Crippen LogP contribution is 2.35. The van der Waals surface area contributed by atoms with Crippen molar-refractivity contribution >= 4 is 34.9 Å². The van der Waals surface area contributed by atoms with Crippen LogP contribution < -0.4 is 10.1 Å². The number of carboxylic acid groups (broad SMARTS) is 1. The molecule has 0 heterocycles. The van der Waals surface area contributed by atoms with Gasteiger partial charge in [0, 0.05) is 18.7 Å². The summed E-state index contributed by atoms with van der Waals surface area (Å²) in [5, 5.41) is 21.7. The van der Waals surface area contributed by atoms with E-state index in [0.717, 1.165) is 23.4 Å². The summed E-state index contributed by atoms with van der Waals surface area (Å²) < 4.78 is 5.75. The first-order valence-electron chi connectivity index (χ1n) is 8.03. The number of carbonyl (C=O) groups is 1. The number of aliphatic carboxylic acids is 1. The molecule has 0 saturated carbocycles. The molecule has 0 spiro atoms. The second kappa shape index (κ2) is 9.33. The number of halogens is 2. The van der Waals surface area contributed by atoms with Crippen molar-refractivity contribution in [1.29, 1.82) is 5.26 Å². The van der Waals surface area contributed by atoms with Crippen LogP contribution >= 0.6 is 23.2 Å². The maximum atomic E-state index is 10.7. The van der Waals surface area contributed by atoms with Gasteiger partial charge in [-0.1, -0.05) is 23.2 Å². The van der Waals surface area contributed by atoms with E-state index in [1.165, 1.54) is 0 Å². The summed E-state index contributed by atoms with van der Waals surface area (Å²) in [5.41, 5.74) is 2.91. The molecule has 0 bridgehead atoms. The standard InChI is InChI=1S/C19H18Cl2N2O3/c1-2-23-15-6-13(10-22)5-14(7-15)11-26-19-16(20)8-12(9-17(19)21)3-4-18(24)25/h5-9,23H,2-4,11H2,1H3,(H,24,25). The summed E-state index contributed by atoms with van der Waals surface area (Å²) in [6.45, 7) is 2.91. The fourth-order valence-corrected chi connectivity index (χ4v) is 3.09. The largest absolute Gasteiger partial charge is 0.486 e. The highest BCUT2D eigenvalue weighted by atomic mass is 35.5. The van der Waals surface area contributed by atoms with Gasteiger partial charge < -0.3 is 15.2 Å². The Morgan fingerprint density at radius 2 is 1.88 bits per heavy atom. The molecule has 2 N–H and O–H groups in total. The minimum atomic E-state index is -0.883. The quantitative estimate of drug-likeness (QED) is 0.667. The average Bonchev–Trinajstić information content (AvgIpc) is 2.59. The maximum absolute atomic E-state index is 10.7. The summed E-state index contributed by atoms with van der Waals surface area (Å²) in [7, 11) is 0. The number of benzene rings is 2. The minimum absolute atomic E-state index is 0.00101. The van der Waals surface area contributed by atoms with Crippen molar-refractivity contribution in [3.63, 3.8) is 0 Å². The lowest BCUT2D eigenvalue weighted by Crippen LogP contribution is -2.02. The van der Waals surface area contributed by atoms with E-state index in [-0.39, 0.29) is 13.0 Å². The van der Waals surface area contributed by atoms with Gasteiger partial charge in [-0.25, -0.2) is 0 Å². The van der Waals surface area contributed by atoms with Gasteiger partial charge in [0.1, 0.15) is 6.61 Å². The first-order valence-corrected chi connectivity index (χ1v) is 8.79. The molecule has 7 heteroatoms. The Labute approximate surface area is 162 Å². The van der Waals surface area contributed by atoms with Crippen LogP contribution in [0.5, 0.6) is 5.75 Å². The molecule has 0 atom stereocenters. The average molecular weight is 393 g/mol. The minimum Gasteiger partial charge on any atom is -0.486 e. The van der Waals surface area contributed by atoms with Gasteiger partial charge in [-0.15, -0.1) is 0 Å². The zero-order valence-electron chi connectivity index (χ0n) is 14.2. The van der Waals surface area contributed by atoms with E-state index in [0.29, 0.717) is 27.8 Å². The van der Waals surface area contributed by atoms with Crippen molar-refractivity contribution in [3.05, 3.63) is 57.1 Å². The molecule has 0 unspecified atom stereocenters. The van der Waals surface area contributed by atoms with Gasteiger partial charge in [0.25, 0.3) is 0 Å². The fraction of sp³-hybridized carbons (Fsp3) is 0.263. The molecule has 136 valence electrons. The molecular formula is C19H18Cl2N2O3. The van der Waals surface area contributed by atoms with Crippen molar-refractivity contribution in [2.75, 3.05) is 11.9 Å². The molecule has 0 aromatic heterocycles. The van der Waals surface area contributed by atoms with Gasteiger partial charge in [0.15, 0.2) is 5.75 Å². The lowest BCUT2D eigenvalue weighted by molar-refractivity contribution is -0.136. The first kappa shape index (κ1) is 19.9. The molecule has 5 nitrogen and oxygen atoms in total. The van der Waals surface area contributed by atoms with Crippen LogP contribution in [0, 0.1) is 11.3 Å². The number of hydrogen-bond donors (Lipinski definition) is 2. The lowest BCUT2D eigenvalue weighted by atomic mass is 10.1. The predicted molar refractivity (Wildman–Crippen MR) is 102 cm³/mol. The van der Waals surface area contributed by atoms with E-state index in [9.17, 15) is 4.79 Å². The second-order valence-electron chi connectivity index (χ2n) is 5.63. The zero-order chi connectivity index (χ0) is 19.1. The van der Waals surface area contributed by atoms with Crippen LogP contribution in [-0.4, -0.2) is 17.6 Å². The Bertz CT molecular complexity index is 824. The Kier molecular flexibility index (Phi) is 7.14. The molecule has 2 rings (SSSR count). The first-order chi connectivity index (χ1) is 12.4. The summed E-state index contributed by atoms with van der Waals surface area (Å²) in [6.07, 6.45) is 0.340. The lowest BCUT2D eigenvalue weighted by Gasteiger charge is -2.13. The molecule has 0 saturated heterocycles. The summed E-state index contributed by atoms with van der Waals surface area (Å²) in [4.78, 5) is 10.7. The molecule has 0 fully saturated rings. The Hall–Kier alpha value is -2.42. The molecule has 2 aromatic rings. The van der Waals surface area contributed by atoms with E-state index in [1.807, 2.05) is 13.0 Å². The van der Waals surface area contributed by atoms with Gasteiger partial charge in [-0.2, -0.15) is 5.26 Å². The van der Waals surface area contributed by atoms with E-state index in [2.05, 4.69) is 11.4 Å². The predicted octanol–water partition coefficient (Wildman–Crippen LogP) is 4.89. The molecule has 0 aliphatic rings. The summed E-state index contributed by atoms with van der Waals surface area (Å²) in [5.74, 6) is -0.550. The zero-order valence-corrected chi connectivity index (χ0v) is 15.7. The van der Waals surface area contributed by atoms with Gasteiger partial charge >= 0.3 is 5.97 Å². The van der Waals surface area contributed by atoms with E-state index in [4.69, 9.17) is 38.3 Å². The van der Waals surface area contributed by atoms with Crippen molar-refractivity contribution in [2.45, 2.75) is 26.4 Å². The molecule has 2 aromatic carbocycles. The number of nitrogens with zero attached hydrogens (tertiary/aromatic N) is 1. The van der Waals surface area contributed by atoms with Crippen LogP contribution in [0.3, 0.4) is 0 Å². The number of aryl methyl sites for hydroxylation is 1. The molecule has 0 amide bonds. The number of carboxylic acids is 1. The van der Waals surface area contributed by atoms with Crippen molar-refractivity contribution in [2.24, 2.45) is 0 Å². The number of nitrogens with one attached hydrogen (secondary N) is 1. The van der Waals surface area contributed by atoms with Gasteiger partial charge in [0.05, 0.1) is 21.7 Å². The van der Waals surface area contributed by atoms with Crippen LogP contribution in [0.1, 0.15) is 30.0 Å². The van der Waals surface area contributed by atoms with E-state index >= 15 is 0 Å². The SMILES string of the molecule is CCNc1cc(C#N)cc(COc2c(Cl)cc(CCC(=O)O)cc2Cl)c1. The van der Waals surface area contributed by atoms with E-state index < -0.39 is 5.97 Å². The summed E-state index contributed by atoms with van der Waals surface area (Å²) >= 11 is 12.5. The van der Waals surface area contributed by atoms with Crippen molar-refractivity contribution in [1.82, 2.24) is 0 Å². The van der Waals surface area contributed by atoms with Gasteiger partial charge in [0.2, 0.25) is 0 Å². The van der Waals surface area contributed by atoms with Crippen LogP contribution in [0.15, 0.2) is 30.3 Å². The smallest absolute Gasteiger partial charge is 0.303 e. The highest BCUT2D eigenvalue weighted by molar-refractivity contribution is 6.37.